The molecule has 128 valence electrons. The van der Waals surface area contributed by atoms with Crippen molar-refractivity contribution >= 4 is 11.9 Å². The molecule has 0 N–H and O–H groups in total. The summed E-state index contributed by atoms with van der Waals surface area (Å²) >= 11 is 0. The largest absolute Gasteiger partial charge is 0.462 e. The molecule has 0 aliphatic carbocycles. The number of carbonyl (C=O) groups excluding carboxylic acids is 2. The molecule has 0 aliphatic heterocycles. The van der Waals surface area contributed by atoms with Crippen LogP contribution in [0.3, 0.4) is 0 Å². The Labute approximate surface area is 139 Å². The minimum Gasteiger partial charge on any atom is -0.462 e. The molecule has 0 atom stereocenters. The van der Waals surface area contributed by atoms with Crippen molar-refractivity contribution in [3.8, 4) is 0 Å². The van der Waals surface area contributed by atoms with Gasteiger partial charge in [-0.2, -0.15) is 0 Å². The van der Waals surface area contributed by atoms with Crippen LogP contribution in [0.4, 0.5) is 0 Å². The van der Waals surface area contributed by atoms with Gasteiger partial charge in [0.05, 0.1) is 24.3 Å². The number of esters is 2. The monoisotopic (exact) mass is 320 g/mol. The molecule has 0 saturated heterocycles. The van der Waals surface area contributed by atoms with Gasteiger partial charge in [-0.15, -0.1) is 0 Å². The minimum absolute atomic E-state index is 0.387. The molecule has 0 heterocycles. The molecule has 0 spiro atoms. The summed E-state index contributed by atoms with van der Waals surface area (Å²) < 4.78 is 10.4. The summed E-state index contributed by atoms with van der Waals surface area (Å²) in [6.45, 7) is 7.19. The normalized spacial score (nSPS) is 10.6. The van der Waals surface area contributed by atoms with Crippen molar-refractivity contribution in [2.45, 2.75) is 52.9 Å². The number of benzene rings is 1. The third-order valence-corrected chi connectivity index (χ3v) is 3.47. The first-order valence-electron chi connectivity index (χ1n) is 8.49. The zero-order valence-corrected chi connectivity index (χ0v) is 14.5. The highest BCUT2D eigenvalue weighted by Gasteiger charge is 2.12. The van der Waals surface area contributed by atoms with Crippen molar-refractivity contribution < 1.29 is 19.1 Å². The van der Waals surface area contributed by atoms with E-state index in [9.17, 15) is 9.59 Å². The van der Waals surface area contributed by atoms with E-state index in [1.54, 1.807) is 18.2 Å². The van der Waals surface area contributed by atoms with E-state index >= 15 is 0 Å². The second-order valence-corrected chi connectivity index (χ2v) is 6.10. The van der Waals surface area contributed by atoms with Gasteiger partial charge in [0.1, 0.15) is 0 Å². The molecule has 0 radical (unpaired) electrons. The molecule has 0 amide bonds. The van der Waals surface area contributed by atoms with E-state index in [1.807, 2.05) is 0 Å². The third-order valence-electron chi connectivity index (χ3n) is 3.47. The number of carbonyl (C=O) groups is 2. The van der Waals surface area contributed by atoms with E-state index in [0.717, 1.165) is 32.1 Å². The van der Waals surface area contributed by atoms with E-state index in [0.29, 0.717) is 30.3 Å². The van der Waals surface area contributed by atoms with Crippen molar-refractivity contribution in [1.29, 1.82) is 0 Å². The summed E-state index contributed by atoms with van der Waals surface area (Å²) in [5.41, 5.74) is 0.774. The predicted octanol–water partition coefficient (Wildman–Crippen LogP) is 4.63. The van der Waals surface area contributed by atoms with E-state index < -0.39 is 11.9 Å². The van der Waals surface area contributed by atoms with Crippen LogP contribution in [0.15, 0.2) is 24.3 Å². The van der Waals surface area contributed by atoms with Crippen molar-refractivity contribution in [2.75, 3.05) is 13.2 Å². The lowest BCUT2D eigenvalue weighted by atomic mass is 10.1. The Kier molecular flexibility index (Phi) is 9.03. The van der Waals surface area contributed by atoms with Gasteiger partial charge in [-0.1, -0.05) is 39.7 Å². The molecule has 0 fully saturated rings. The smallest absolute Gasteiger partial charge is 0.338 e. The van der Waals surface area contributed by atoms with Crippen molar-refractivity contribution in [1.82, 2.24) is 0 Å². The second-order valence-electron chi connectivity index (χ2n) is 6.10. The molecule has 4 heteroatoms. The molecule has 23 heavy (non-hydrogen) atoms. The quantitative estimate of drug-likeness (QED) is 0.466. The zero-order valence-electron chi connectivity index (χ0n) is 14.5. The van der Waals surface area contributed by atoms with Gasteiger partial charge in [-0.25, -0.2) is 9.59 Å². The first-order chi connectivity index (χ1) is 11.0. The number of rotatable bonds is 10. The van der Waals surface area contributed by atoms with E-state index in [2.05, 4.69) is 20.8 Å². The highest BCUT2D eigenvalue weighted by molar-refractivity contribution is 5.95. The fourth-order valence-corrected chi connectivity index (χ4v) is 2.11. The van der Waals surface area contributed by atoms with Gasteiger partial charge in [0, 0.05) is 0 Å². The first kappa shape index (κ1) is 19.2. The van der Waals surface area contributed by atoms with Crippen LogP contribution in [0.5, 0.6) is 0 Å². The first-order valence-corrected chi connectivity index (χ1v) is 8.49. The van der Waals surface area contributed by atoms with Crippen LogP contribution in [-0.2, 0) is 9.47 Å². The summed E-state index contributed by atoms with van der Waals surface area (Å²) in [4.78, 5) is 23.9. The van der Waals surface area contributed by atoms with Gasteiger partial charge in [-0.05, 0) is 43.4 Å². The summed E-state index contributed by atoms with van der Waals surface area (Å²) in [5, 5.41) is 0. The Morgan fingerprint density at radius 1 is 0.957 bits per heavy atom. The molecule has 1 rings (SSSR count). The Morgan fingerprint density at radius 2 is 1.52 bits per heavy atom. The molecule has 0 aliphatic rings. The average Bonchev–Trinajstić information content (AvgIpc) is 2.55. The lowest BCUT2D eigenvalue weighted by Gasteiger charge is -2.08. The van der Waals surface area contributed by atoms with Crippen molar-refractivity contribution in [3.63, 3.8) is 0 Å². The Bertz CT molecular complexity index is 494. The van der Waals surface area contributed by atoms with Crippen LogP contribution in [0.1, 0.15) is 73.6 Å². The molecule has 0 unspecified atom stereocenters. The SMILES string of the molecule is CCCCCOC(=O)c1cccc(C(=O)OCCCC(C)C)c1. The number of unbranched alkanes of at least 4 members (excludes halogenated alkanes) is 2. The van der Waals surface area contributed by atoms with Crippen LogP contribution >= 0.6 is 0 Å². The van der Waals surface area contributed by atoms with Crippen LogP contribution in [0.2, 0.25) is 0 Å². The Balaban J connectivity index is 2.48. The van der Waals surface area contributed by atoms with Crippen molar-refractivity contribution in [3.05, 3.63) is 35.4 Å². The summed E-state index contributed by atoms with van der Waals surface area (Å²) in [6, 6.07) is 6.51. The maximum absolute atomic E-state index is 12.0. The zero-order chi connectivity index (χ0) is 17.1. The van der Waals surface area contributed by atoms with E-state index in [4.69, 9.17) is 9.47 Å². The summed E-state index contributed by atoms with van der Waals surface area (Å²) in [6.07, 6.45) is 4.85. The molecule has 4 nitrogen and oxygen atoms in total. The number of ether oxygens (including phenoxy) is 2. The van der Waals surface area contributed by atoms with Crippen LogP contribution in [0.25, 0.3) is 0 Å². The molecular formula is C19H28O4. The van der Waals surface area contributed by atoms with Crippen LogP contribution < -0.4 is 0 Å². The molecule has 0 aromatic heterocycles. The van der Waals surface area contributed by atoms with Gasteiger partial charge >= 0.3 is 11.9 Å². The van der Waals surface area contributed by atoms with E-state index in [-0.39, 0.29) is 0 Å². The van der Waals surface area contributed by atoms with Gasteiger partial charge in [0.15, 0.2) is 0 Å². The summed E-state index contributed by atoms with van der Waals surface area (Å²) in [7, 11) is 0. The standard InChI is InChI=1S/C19H28O4/c1-4-5-6-12-22-18(20)16-10-7-11-17(14-16)19(21)23-13-8-9-15(2)3/h7,10-11,14-15H,4-6,8-9,12-13H2,1-3H3. The van der Waals surface area contributed by atoms with Gasteiger partial charge in [-0.3, -0.25) is 0 Å². The Hall–Kier alpha value is -1.84. The molecule has 1 aromatic carbocycles. The predicted molar refractivity (Wildman–Crippen MR) is 90.6 cm³/mol. The van der Waals surface area contributed by atoms with Gasteiger partial charge < -0.3 is 9.47 Å². The second kappa shape index (κ2) is 10.8. The van der Waals surface area contributed by atoms with Gasteiger partial charge in [0.2, 0.25) is 0 Å². The fourth-order valence-electron chi connectivity index (χ4n) is 2.11. The van der Waals surface area contributed by atoms with Gasteiger partial charge in [0.25, 0.3) is 0 Å². The maximum Gasteiger partial charge on any atom is 0.338 e. The summed E-state index contributed by atoms with van der Waals surface area (Å²) in [5.74, 6) is -0.190. The van der Waals surface area contributed by atoms with Crippen LogP contribution in [0, 0.1) is 5.92 Å². The van der Waals surface area contributed by atoms with E-state index in [1.165, 1.54) is 6.07 Å². The lowest BCUT2D eigenvalue weighted by molar-refractivity contribution is 0.0494. The molecule has 0 saturated carbocycles. The Morgan fingerprint density at radius 3 is 2.04 bits per heavy atom. The lowest BCUT2D eigenvalue weighted by Crippen LogP contribution is -2.10. The highest BCUT2D eigenvalue weighted by Crippen LogP contribution is 2.10. The number of hydrogen-bond donors (Lipinski definition) is 0. The molecule has 0 bridgehead atoms. The third kappa shape index (κ3) is 7.82. The number of hydrogen-bond acceptors (Lipinski definition) is 4. The maximum atomic E-state index is 12.0. The van der Waals surface area contributed by atoms with Crippen LogP contribution in [-0.4, -0.2) is 25.2 Å². The topological polar surface area (TPSA) is 52.6 Å². The molecular weight excluding hydrogens is 292 g/mol. The molecule has 1 aromatic rings. The fraction of sp³-hybridized carbons (Fsp3) is 0.579. The highest BCUT2D eigenvalue weighted by atomic mass is 16.5. The average molecular weight is 320 g/mol. The van der Waals surface area contributed by atoms with Crippen molar-refractivity contribution in [2.24, 2.45) is 5.92 Å². The minimum atomic E-state index is -0.394.